The molecule has 1 aromatic carbocycles. The zero-order chi connectivity index (χ0) is 18.3. The average molecular weight is 352 g/mol. The van der Waals surface area contributed by atoms with Gasteiger partial charge in [-0.3, -0.25) is 4.79 Å². The molecule has 26 heavy (non-hydrogen) atoms. The number of nitrogens with zero attached hydrogens (tertiary/aromatic N) is 4. The summed E-state index contributed by atoms with van der Waals surface area (Å²) in [6.07, 6.45) is 3.32. The molecule has 3 heterocycles. The smallest absolute Gasteiger partial charge is 0.261 e. The number of rotatable bonds is 4. The number of fused-ring (bicyclic) bond motifs is 3. The number of aromatic nitrogens is 4. The van der Waals surface area contributed by atoms with Gasteiger partial charge in [0.25, 0.3) is 5.56 Å². The van der Waals surface area contributed by atoms with Crippen molar-refractivity contribution in [3.63, 3.8) is 0 Å². The molecule has 0 amide bonds. The molecule has 0 aliphatic heterocycles. The van der Waals surface area contributed by atoms with Gasteiger partial charge < -0.3 is 9.30 Å². The third kappa shape index (κ3) is 2.48. The fourth-order valence-electron chi connectivity index (χ4n) is 3.15. The fourth-order valence-corrected chi connectivity index (χ4v) is 3.15. The zero-order valence-corrected chi connectivity index (χ0v) is 14.4. The van der Waals surface area contributed by atoms with E-state index in [1.54, 1.807) is 40.7 Å². The van der Waals surface area contributed by atoms with Gasteiger partial charge in [-0.2, -0.15) is 5.10 Å². The van der Waals surface area contributed by atoms with E-state index in [1.165, 1.54) is 12.1 Å². The van der Waals surface area contributed by atoms with Gasteiger partial charge in [-0.15, -0.1) is 0 Å². The minimum absolute atomic E-state index is 0.105. The number of aryl methyl sites for hydroxylation is 1. The predicted octanol–water partition coefficient (Wildman–Crippen LogP) is 3.02. The summed E-state index contributed by atoms with van der Waals surface area (Å²) in [6, 6.07) is 8.03. The van der Waals surface area contributed by atoms with Crippen LogP contribution in [-0.2, 0) is 17.9 Å². The Morgan fingerprint density at radius 2 is 1.96 bits per heavy atom. The predicted molar refractivity (Wildman–Crippen MR) is 96.5 cm³/mol. The quantitative estimate of drug-likeness (QED) is 0.566. The Kier molecular flexibility index (Phi) is 4.00. The molecule has 0 aliphatic carbocycles. The number of benzene rings is 1. The Labute approximate surface area is 148 Å². The highest BCUT2D eigenvalue weighted by Crippen LogP contribution is 2.29. The average Bonchev–Trinajstić information content (AvgIpc) is 3.01. The van der Waals surface area contributed by atoms with Gasteiger partial charge in [0, 0.05) is 26.0 Å². The summed E-state index contributed by atoms with van der Waals surface area (Å²) in [5, 5.41) is 5.11. The van der Waals surface area contributed by atoms with E-state index in [0.717, 1.165) is 11.1 Å². The Morgan fingerprint density at radius 3 is 2.65 bits per heavy atom. The zero-order valence-electron chi connectivity index (χ0n) is 14.4. The number of methoxy groups -OCH3 is 1. The van der Waals surface area contributed by atoms with Crippen molar-refractivity contribution in [1.82, 2.24) is 19.2 Å². The van der Waals surface area contributed by atoms with Crippen molar-refractivity contribution in [2.24, 2.45) is 0 Å². The van der Waals surface area contributed by atoms with E-state index in [4.69, 9.17) is 4.74 Å². The van der Waals surface area contributed by atoms with E-state index in [2.05, 4.69) is 10.1 Å². The molecule has 0 atom stereocenters. The topological polar surface area (TPSA) is 61.4 Å². The van der Waals surface area contributed by atoms with Gasteiger partial charge in [0.1, 0.15) is 5.82 Å². The van der Waals surface area contributed by atoms with Crippen LogP contribution in [0.3, 0.4) is 0 Å². The van der Waals surface area contributed by atoms with Crippen molar-refractivity contribution in [2.45, 2.75) is 20.1 Å². The molecule has 0 unspecified atom stereocenters. The molecule has 4 aromatic rings. The molecular weight excluding hydrogens is 335 g/mol. The molecule has 3 aromatic heterocycles. The first kappa shape index (κ1) is 16.4. The number of pyridine rings is 1. The lowest BCUT2D eigenvalue weighted by Crippen LogP contribution is -2.19. The maximum Gasteiger partial charge on any atom is 0.261 e. The molecule has 6 nitrogen and oxygen atoms in total. The SMILES string of the molecule is CCn1ccc2c(cnc3c(-c4ccc(F)cc4)c(COC)nn32)c1=O. The number of hydrogen-bond acceptors (Lipinski definition) is 4. The van der Waals surface area contributed by atoms with E-state index < -0.39 is 0 Å². The largest absolute Gasteiger partial charge is 0.378 e. The summed E-state index contributed by atoms with van der Waals surface area (Å²) in [7, 11) is 1.59. The normalized spacial score (nSPS) is 11.5. The monoisotopic (exact) mass is 352 g/mol. The van der Waals surface area contributed by atoms with E-state index in [0.29, 0.717) is 28.8 Å². The van der Waals surface area contributed by atoms with Gasteiger partial charge in [0.15, 0.2) is 5.65 Å². The molecule has 0 aliphatic rings. The van der Waals surface area contributed by atoms with Gasteiger partial charge in [0.05, 0.1) is 28.8 Å². The summed E-state index contributed by atoms with van der Waals surface area (Å²) in [6.45, 7) is 2.78. The molecule has 7 heteroatoms. The first-order valence-electron chi connectivity index (χ1n) is 8.28. The van der Waals surface area contributed by atoms with Crippen molar-refractivity contribution in [2.75, 3.05) is 7.11 Å². The van der Waals surface area contributed by atoms with Crippen LogP contribution >= 0.6 is 0 Å². The molecular formula is C19H17FN4O2. The maximum atomic E-state index is 13.3. The van der Waals surface area contributed by atoms with Gasteiger partial charge in [0.2, 0.25) is 0 Å². The Balaban J connectivity index is 2.06. The van der Waals surface area contributed by atoms with Crippen LogP contribution in [0.1, 0.15) is 12.6 Å². The highest BCUT2D eigenvalue weighted by Gasteiger charge is 2.18. The van der Waals surface area contributed by atoms with Crippen LogP contribution < -0.4 is 5.56 Å². The molecule has 132 valence electrons. The highest BCUT2D eigenvalue weighted by molar-refractivity contribution is 5.86. The fraction of sp³-hybridized carbons (Fsp3) is 0.211. The Morgan fingerprint density at radius 1 is 1.19 bits per heavy atom. The standard InChI is InChI=1S/C19H17FN4O2/c1-3-23-9-8-16-14(19(23)25)10-21-18-17(12-4-6-13(20)7-5-12)15(11-26-2)22-24(16)18/h4-10H,3,11H2,1-2H3. The molecule has 0 N–H and O–H groups in total. The second kappa shape index (κ2) is 6.34. The lowest BCUT2D eigenvalue weighted by molar-refractivity contribution is 0.181. The molecule has 0 saturated carbocycles. The first-order chi connectivity index (χ1) is 12.6. The lowest BCUT2D eigenvalue weighted by Gasteiger charge is -2.06. The molecule has 0 fully saturated rings. The molecule has 0 saturated heterocycles. The Bertz CT molecular complexity index is 1160. The highest BCUT2D eigenvalue weighted by atomic mass is 19.1. The number of hydrogen-bond donors (Lipinski definition) is 0. The third-order valence-electron chi connectivity index (χ3n) is 4.41. The maximum absolute atomic E-state index is 13.3. The van der Waals surface area contributed by atoms with Gasteiger partial charge in [-0.1, -0.05) is 12.1 Å². The van der Waals surface area contributed by atoms with Crippen molar-refractivity contribution >= 4 is 16.6 Å². The van der Waals surface area contributed by atoms with Crippen LogP contribution in [0, 0.1) is 5.82 Å². The third-order valence-corrected chi connectivity index (χ3v) is 4.41. The second-order valence-electron chi connectivity index (χ2n) is 5.96. The van der Waals surface area contributed by atoms with Crippen molar-refractivity contribution in [3.8, 4) is 11.1 Å². The minimum Gasteiger partial charge on any atom is -0.378 e. The Hall–Kier alpha value is -3.06. The molecule has 0 spiro atoms. The van der Waals surface area contributed by atoms with Crippen LogP contribution in [0.5, 0.6) is 0 Å². The van der Waals surface area contributed by atoms with Crippen molar-refractivity contribution in [3.05, 3.63) is 64.6 Å². The summed E-state index contributed by atoms with van der Waals surface area (Å²) >= 11 is 0. The lowest BCUT2D eigenvalue weighted by atomic mass is 10.1. The summed E-state index contributed by atoms with van der Waals surface area (Å²) in [4.78, 5) is 17.0. The number of ether oxygens (including phenoxy) is 1. The van der Waals surface area contributed by atoms with Gasteiger partial charge in [-0.05, 0) is 30.7 Å². The first-order valence-corrected chi connectivity index (χ1v) is 8.28. The van der Waals surface area contributed by atoms with Crippen molar-refractivity contribution in [1.29, 1.82) is 0 Å². The summed E-state index contributed by atoms with van der Waals surface area (Å²) in [5.41, 5.74) is 3.42. The van der Waals surface area contributed by atoms with Gasteiger partial charge >= 0.3 is 0 Å². The van der Waals surface area contributed by atoms with Crippen LogP contribution in [0.4, 0.5) is 4.39 Å². The second-order valence-corrected chi connectivity index (χ2v) is 5.96. The summed E-state index contributed by atoms with van der Waals surface area (Å²) < 4.78 is 21.9. The van der Waals surface area contributed by atoms with Crippen LogP contribution in [0.2, 0.25) is 0 Å². The summed E-state index contributed by atoms with van der Waals surface area (Å²) in [5.74, 6) is -0.308. The van der Waals surface area contributed by atoms with E-state index in [-0.39, 0.29) is 18.0 Å². The molecule has 4 rings (SSSR count). The van der Waals surface area contributed by atoms with Gasteiger partial charge in [-0.25, -0.2) is 13.9 Å². The van der Waals surface area contributed by atoms with E-state index in [1.807, 2.05) is 13.0 Å². The van der Waals surface area contributed by atoms with Crippen LogP contribution in [0.15, 0.2) is 47.5 Å². The van der Waals surface area contributed by atoms with E-state index in [9.17, 15) is 9.18 Å². The number of halogens is 1. The van der Waals surface area contributed by atoms with Crippen LogP contribution in [-0.4, -0.2) is 26.3 Å². The van der Waals surface area contributed by atoms with Crippen molar-refractivity contribution < 1.29 is 9.13 Å². The molecule has 0 radical (unpaired) electrons. The minimum atomic E-state index is -0.308. The van der Waals surface area contributed by atoms with E-state index >= 15 is 0 Å². The van der Waals surface area contributed by atoms with Crippen LogP contribution in [0.25, 0.3) is 27.7 Å². The molecule has 0 bridgehead atoms.